The van der Waals surface area contributed by atoms with E-state index in [2.05, 4.69) is 5.10 Å². The van der Waals surface area contributed by atoms with Crippen molar-refractivity contribution >= 4 is 23.1 Å². The second-order valence-electron chi connectivity index (χ2n) is 4.39. The average molecular weight is 278 g/mol. The van der Waals surface area contributed by atoms with Crippen LogP contribution >= 0.6 is 11.6 Å². The summed E-state index contributed by atoms with van der Waals surface area (Å²) in [7, 11) is 0. The zero-order valence-electron chi connectivity index (χ0n) is 11.0. The van der Waals surface area contributed by atoms with E-state index in [0.29, 0.717) is 22.8 Å². The highest BCUT2D eigenvalue weighted by Gasteiger charge is 2.17. The minimum atomic E-state index is -0.0104. The van der Waals surface area contributed by atoms with Gasteiger partial charge in [-0.3, -0.25) is 9.48 Å². The standard InChI is InChI=1S/C14H16ClN3O/c1-3-18-12(14(15)9(2)17-18)8-13(19)10-5-4-6-11(16)7-10/h4-7H,3,8,16H2,1-2H3. The molecule has 0 unspecified atom stereocenters. The van der Waals surface area contributed by atoms with Crippen molar-refractivity contribution in [3.8, 4) is 0 Å². The van der Waals surface area contributed by atoms with Crippen molar-refractivity contribution in [2.75, 3.05) is 5.73 Å². The van der Waals surface area contributed by atoms with Gasteiger partial charge in [-0.25, -0.2) is 0 Å². The largest absolute Gasteiger partial charge is 0.399 e. The average Bonchev–Trinajstić information content (AvgIpc) is 2.66. The van der Waals surface area contributed by atoms with Gasteiger partial charge in [0.2, 0.25) is 0 Å². The third kappa shape index (κ3) is 2.79. The maximum atomic E-state index is 12.2. The fourth-order valence-corrected chi connectivity index (χ4v) is 2.21. The third-order valence-electron chi connectivity index (χ3n) is 2.99. The molecule has 0 bridgehead atoms. The summed E-state index contributed by atoms with van der Waals surface area (Å²) in [4.78, 5) is 12.2. The van der Waals surface area contributed by atoms with Crippen LogP contribution in [0.25, 0.3) is 0 Å². The summed E-state index contributed by atoms with van der Waals surface area (Å²) < 4.78 is 1.77. The fourth-order valence-electron chi connectivity index (χ4n) is 2.00. The second kappa shape index (κ2) is 5.45. The molecular formula is C14H16ClN3O. The van der Waals surface area contributed by atoms with Crippen LogP contribution in [-0.2, 0) is 13.0 Å². The Kier molecular flexibility index (Phi) is 3.90. The molecule has 2 rings (SSSR count). The lowest BCUT2D eigenvalue weighted by molar-refractivity contribution is 0.0990. The Morgan fingerprint density at radius 2 is 2.21 bits per heavy atom. The van der Waals surface area contributed by atoms with E-state index in [1.54, 1.807) is 28.9 Å². The van der Waals surface area contributed by atoms with Gasteiger partial charge in [-0.05, 0) is 26.0 Å². The van der Waals surface area contributed by atoms with Crippen molar-refractivity contribution in [1.82, 2.24) is 9.78 Å². The molecule has 0 aliphatic heterocycles. The van der Waals surface area contributed by atoms with Crippen molar-refractivity contribution in [1.29, 1.82) is 0 Å². The molecular weight excluding hydrogens is 262 g/mol. The van der Waals surface area contributed by atoms with Crippen LogP contribution in [0.2, 0.25) is 5.02 Å². The number of aromatic nitrogens is 2. The number of nitrogens with two attached hydrogens (primary N) is 1. The van der Waals surface area contributed by atoms with Crippen LogP contribution in [0.3, 0.4) is 0 Å². The van der Waals surface area contributed by atoms with E-state index in [0.717, 1.165) is 11.4 Å². The lowest BCUT2D eigenvalue weighted by Crippen LogP contribution is -2.10. The SMILES string of the molecule is CCn1nc(C)c(Cl)c1CC(=O)c1cccc(N)c1. The van der Waals surface area contributed by atoms with Crippen LogP contribution in [0, 0.1) is 6.92 Å². The number of benzene rings is 1. The van der Waals surface area contributed by atoms with Gasteiger partial charge >= 0.3 is 0 Å². The Balaban J connectivity index is 2.29. The molecule has 0 amide bonds. The van der Waals surface area contributed by atoms with Gasteiger partial charge < -0.3 is 5.73 Å². The highest BCUT2D eigenvalue weighted by atomic mass is 35.5. The number of hydrogen-bond acceptors (Lipinski definition) is 3. The molecule has 0 spiro atoms. The number of carbonyl (C=O) groups excluding carboxylic acids is 1. The van der Waals surface area contributed by atoms with Gasteiger partial charge in [0.1, 0.15) is 0 Å². The van der Waals surface area contributed by atoms with E-state index >= 15 is 0 Å². The van der Waals surface area contributed by atoms with Gasteiger partial charge in [-0.15, -0.1) is 0 Å². The van der Waals surface area contributed by atoms with Crippen molar-refractivity contribution in [3.05, 3.63) is 46.2 Å². The minimum absolute atomic E-state index is 0.0104. The van der Waals surface area contributed by atoms with E-state index in [-0.39, 0.29) is 12.2 Å². The van der Waals surface area contributed by atoms with Gasteiger partial charge in [0.05, 0.1) is 22.8 Å². The zero-order valence-corrected chi connectivity index (χ0v) is 11.7. The van der Waals surface area contributed by atoms with Crippen molar-refractivity contribution in [2.24, 2.45) is 0 Å². The number of halogens is 1. The summed E-state index contributed by atoms with van der Waals surface area (Å²) >= 11 is 6.20. The van der Waals surface area contributed by atoms with E-state index in [4.69, 9.17) is 17.3 Å². The van der Waals surface area contributed by atoms with Gasteiger partial charge in [0.15, 0.2) is 5.78 Å². The normalized spacial score (nSPS) is 10.7. The quantitative estimate of drug-likeness (QED) is 0.690. The molecule has 19 heavy (non-hydrogen) atoms. The fraction of sp³-hybridized carbons (Fsp3) is 0.286. The summed E-state index contributed by atoms with van der Waals surface area (Å²) in [6.07, 6.45) is 0.233. The first-order valence-electron chi connectivity index (χ1n) is 6.13. The van der Waals surface area contributed by atoms with Crippen molar-refractivity contribution in [3.63, 3.8) is 0 Å². The maximum Gasteiger partial charge on any atom is 0.168 e. The highest BCUT2D eigenvalue weighted by Crippen LogP contribution is 2.22. The predicted molar refractivity (Wildman–Crippen MR) is 76.5 cm³/mol. The molecule has 1 aromatic heterocycles. The van der Waals surface area contributed by atoms with Gasteiger partial charge in [0.25, 0.3) is 0 Å². The van der Waals surface area contributed by atoms with E-state index in [1.807, 2.05) is 13.8 Å². The van der Waals surface area contributed by atoms with Crippen LogP contribution in [-0.4, -0.2) is 15.6 Å². The van der Waals surface area contributed by atoms with E-state index < -0.39 is 0 Å². The highest BCUT2D eigenvalue weighted by molar-refractivity contribution is 6.32. The summed E-state index contributed by atoms with van der Waals surface area (Å²) in [6, 6.07) is 6.96. The maximum absolute atomic E-state index is 12.2. The lowest BCUT2D eigenvalue weighted by atomic mass is 10.1. The van der Waals surface area contributed by atoms with Gasteiger partial charge in [0, 0.05) is 17.8 Å². The minimum Gasteiger partial charge on any atom is -0.399 e. The third-order valence-corrected chi connectivity index (χ3v) is 3.48. The summed E-state index contributed by atoms with van der Waals surface area (Å²) in [5.74, 6) is -0.0104. The number of hydrogen-bond donors (Lipinski definition) is 1. The zero-order chi connectivity index (χ0) is 14.0. The molecule has 0 aliphatic carbocycles. The Hall–Kier alpha value is -1.81. The van der Waals surface area contributed by atoms with Gasteiger partial charge in [-0.2, -0.15) is 5.10 Å². The summed E-state index contributed by atoms with van der Waals surface area (Å²) in [5.41, 5.74) is 8.37. The molecule has 0 radical (unpaired) electrons. The number of nitrogen functional groups attached to an aromatic ring is 1. The molecule has 0 fully saturated rings. The topological polar surface area (TPSA) is 60.9 Å². The van der Waals surface area contributed by atoms with Gasteiger partial charge in [-0.1, -0.05) is 23.7 Å². The number of aryl methyl sites for hydroxylation is 2. The smallest absolute Gasteiger partial charge is 0.168 e. The van der Waals surface area contributed by atoms with Crippen molar-refractivity contribution < 1.29 is 4.79 Å². The Morgan fingerprint density at radius 1 is 1.47 bits per heavy atom. The number of nitrogens with zero attached hydrogens (tertiary/aromatic N) is 2. The molecule has 4 nitrogen and oxygen atoms in total. The first kappa shape index (κ1) is 13.6. The molecule has 0 aliphatic rings. The molecule has 0 saturated carbocycles. The number of carbonyl (C=O) groups is 1. The number of rotatable bonds is 4. The lowest BCUT2D eigenvalue weighted by Gasteiger charge is -2.05. The molecule has 0 atom stereocenters. The van der Waals surface area contributed by atoms with E-state index in [1.165, 1.54) is 0 Å². The van der Waals surface area contributed by atoms with Crippen LogP contribution in [0.4, 0.5) is 5.69 Å². The van der Waals surface area contributed by atoms with Crippen LogP contribution in [0.5, 0.6) is 0 Å². The first-order chi connectivity index (χ1) is 9.02. The van der Waals surface area contributed by atoms with Crippen LogP contribution in [0.15, 0.2) is 24.3 Å². The molecule has 5 heteroatoms. The molecule has 100 valence electrons. The Bertz CT molecular complexity index is 619. The molecule has 1 aromatic carbocycles. The monoisotopic (exact) mass is 277 g/mol. The number of ketones is 1. The Morgan fingerprint density at radius 3 is 2.84 bits per heavy atom. The molecule has 2 N–H and O–H groups in total. The Labute approximate surface area is 117 Å². The number of Topliss-reactive ketones (excluding diaryl/α,β-unsaturated/α-hetero) is 1. The molecule has 0 saturated heterocycles. The van der Waals surface area contributed by atoms with Crippen LogP contribution in [0.1, 0.15) is 28.7 Å². The number of anilines is 1. The molecule has 1 heterocycles. The summed E-state index contributed by atoms with van der Waals surface area (Å²) in [5, 5.41) is 4.87. The first-order valence-corrected chi connectivity index (χ1v) is 6.51. The summed E-state index contributed by atoms with van der Waals surface area (Å²) in [6.45, 7) is 4.49. The van der Waals surface area contributed by atoms with Crippen LogP contribution < -0.4 is 5.73 Å². The molecule has 2 aromatic rings. The predicted octanol–water partition coefficient (Wildman–Crippen LogP) is 2.87. The van der Waals surface area contributed by atoms with E-state index in [9.17, 15) is 4.79 Å². The second-order valence-corrected chi connectivity index (χ2v) is 4.77. The van der Waals surface area contributed by atoms with Crippen molar-refractivity contribution in [2.45, 2.75) is 26.8 Å².